The topological polar surface area (TPSA) is 86.3 Å². The van der Waals surface area contributed by atoms with Crippen molar-refractivity contribution in [1.29, 1.82) is 0 Å². The molecule has 3 N–H and O–H groups in total. The highest BCUT2D eigenvalue weighted by Gasteiger charge is 2.12. The minimum absolute atomic E-state index is 0.472. The van der Waals surface area contributed by atoms with Gasteiger partial charge in [-0.15, -0.1) is 0 Å². The molecule has 0 aliphatic heterocycles. The van der Waals surface area contributed by atoms with Crippen LogP contribution in [0.25, 0.3) is 10.9 Å². The molecule has 2 amide bonds. The third-order valence-electron chi connectivity index (χ3n) is 3.30. The highest BCUT2D eigenvalue weighted by molar-refractivity contribution is 6.39. The third-order valence-corrected chi connectivity index (χ3v) is 3.55. The van der Waals surface area contributed by atoms with Crippen molar-refractivity contribution in [2.45, 2.75) is 0 Å². The van der Waals surface area contributed by atoms with Gasteiger partial charge >= 0.3 is 11.8 Å². The Labute approximate surface area is 142 Å². The van der Waals surface area contributed by atoms with Crippen molar-refractivity contribution in [3.8, 4) is 0 Å². The van der Waals surface area contributed by atoms with Gasteiger partial charge in [-0.25, -0.2) is 5.43 Å². The average molecular weight is 341 g/mol. The van der Waals surface area contributed by atoms with E-state index in [1.807, 2.05) is 24.3 Å². The van der Waals surface area contributed by atoms with Crippen LogP contribution < -0.4 is 10.7 Å². The van der Waals surface area contributed by atoms with Crippen LogP contribution in [0.15, 0.2) is 59.8 Å². The second kappa shape index (κ2) is 6.97. The van der Waals surface area contributed by atoms with E-state index in [0.29, 0.717) is 10.7 Å². The number of aromatic nitrogens is 1. The van der Waals surface area contributed by atoms with Crippen molar-refractivity contribution >= 4 is 46.2 Å². The molecule has 0 fully saturated rings. The van der Waals surface area contributed by atoms with Crippen LogP contribution in [0.5, 0.6) is 0 Å². The van der Waals surface area contributed by atoms with Crippen molar-refractivity contribution in [2.75, 3.05) is 5.32 Å². The van der Waals surface area contributed by atoms with Gasteiger partial charge in [0.1, 0.15) is 0 Å². The normalized spacial score (nSPS) is 10.9. The number of para-hydroxylation sites is 1. The first kappa shape index (κ1) is 15.8. The zero-order chi connectivity index (χ0) is 16.9. The molecule has 1 heterocycles. The Morgan fingerprint density at radius 2 is 1.79 bits per heavy atom. The minimum atomic E-state index is -0.860. The van der Waals surface area contributed by atoms with Crippen molar-refractivity contribution in [3.05, 3.63) is 65.3 Å². The molecule has 0 saturated carbocycles. The number of halogens is 1. The number of H-pyrrole nitrogens is 1. The Kier molecular flexibility index (Phi) is 4.58. The Morgan fingerprint density at radius 1 is 1.04 bits per heavy atom. The minimum Gasteiger partial charge on any atom is -0.361 e. The Morgan fingerprint density at radius 3 is 2.58 bits per heavy atom. The van der Waals surface area contributed by atoms with Gasteiger partial charge in [0.05, 0.1) is 6.21 Å². The first-order chi connectivity index (χ1) is 11.6. The SMILES string of the molecule is O=C(NN=Cc1c[nH]c2ccccc12)C(=O)Nc1ccc(Cl)cc1. The van der Waals surface area contributed by atoms with Gasteiger partial charge in [0, 0.05) is 33.4 Å². The summed E-state index contributed by atoms with van der Waals surface area (Å²) in [4.78, 5) is 26.6. The zero-order valence-corrected chi connectivity index (χ0v) is 13.2. The quantitative estimate of drug-likeness (QED) is 0.389. The Bertz CT molecular complexity index is 916. The first-order valence-electron chi connectivity index (χ1n) is 7.09. The summed E-state index contributed by atoms with van der Waals surface area (Å²) in [6.07, 6.45) is 3.25. The fourth-order valence-corrected chi connectivity index (χ4v) is 2.26. The lowest BCUT2D eigenvalue weighted by Gasteiger charge is -2.03. The van der Waals surface area contributed by atoms with Crippen LogP contribution in [-0.2, 0) is 9.59 Å². The molecule has 0 saturated heterocycles. The number of nitrogens with one attached hydrogen (secondary N) is 3. The summed E-state index contributed by atoms with van der Waals surface area (Å²) in [6.45, 7) is 0. The van der Waals surface area contributed by atoms with Gasteiger partial charge in [0.15, 0.2) is 0 Å². The first-order valence-corrected chi connectivity index (χ1v) is 7.47. The zero-order valence-electron chi connectivity index (χ0n) is 12.4. The van der Waals surface area contributed by atoms with Crippen LogP contribution in [0.2, 0.25) is 5.02 Å². The van der Waals surface area contributed by atoms with Gasteiger partial charge < -0.3 is 10.3 Å². The van der Waals surface area contributed by atoms with Crippen molar-refractivity contribution in [2.24, 2.45) is 5.10 Å². The number of rotatable bonds is 3. The smallest absolute Gasteiger partial charge is 0.329 e. The molecule has 0 bridgehead atoms. The largest absolute Gasteiger partial charge is 0.361 e. The molecule has 3 aromatic rings. The number of nitrogens with zero attached hydrogens (tertiary/aromatic N) is 1. The molecule has 2 aromatic carbocycles. The number of fused-ring (bicyclic) bond motifs is 1. The number of benzene rings is 2. The lowest BCUT2D eigenvalue weighted by molar-refractivity contribution is -0.136. The van der Waals surface area contributed by atoms with Gasteiger partial charge in [-0.05, 0) is 30.3 Å². The Hall–Kier alpha value is -3.12. The van der Waals surface area contributed by atoms with Crippen LogP contribution in [-0.4, -0.2) is 23.0 Å². The van der Waals surface area contributed by atoms with Crippen LogP contribution in [0.4, 0.5) is 5.69 Å². The van der Waals surface area contributed by atoms with Crippen LogP contribution >= 0.6 is 11.6 Å². The lowest BCUT2D eigenvalue weighted by atomic mass is 10.2. The van der Waals surface area contributed by atoms with Gasteiger partial charge in [-0.1, -0.05) is 29.8 Å². The Balaban J connectivity index is 1.60. The number of anilines is 1. The number of carbonyl (C=O) groups is 2. The molecule has 1 aromatic heterocycles. The van der Waals surface area contributed by atoms with Crippen molar-refractivity contribution in [1.82, 2.24) is 10.4 Å². The summed E-state index contributed by atoms with van der Waals surface area (Å²) < 4.78 is 0. The molecule has 0 aliphatic rings. The number of carbonyl (C=O) groups excluding carboxylic acids is 2. The summed E-state index contributed by atoms with van der Waals surface area (Å²) >= 11 is 5.76. The molecule has 3 rings (SSSR count). The molecule has 0 spiro atoms. The maximum absolute atomic E-state index is 11.8. The molecular formula is C17H13ClN4O2. The molecule has 24 heavy (non-hydrogen) atoms. The molecule has 0 atom stereocenters. The van der Waals surface area contributed by atoms with E-state index in [0.717, 1.165) is 16.5 Å². The van der Waals surface area contributed by atoms with Gasteiger partial charge in [0.25, 0.3) is 0 Å². The summed E-state index contributed by atoms with van der Waals surface area (Å²) in [7, 11) is 0. The fraction of sp³-hybridized carbons (Fsp3) is 0. The third kappa shape index (κ3) is 3.61. The molecular weight excluding hydrogens is 328 g/mol. The summed E-state index contributed by atoms with van der Waals surface area (Å²) in [6, 6.07) is 14.1. The van der Waals surface area contributed by atoms with Gasteiger partial charge in [0.2, 0.25) is 0 Å². The molecule has 6 nitrogen and oxygen atoms in total. The molecule has 0 aliphatic carbocycles. The van der Waals surface area contributed by atoms with Crippen LogP contribution in [0.1, 0.15) is 5.56 Å². The number of aromatic amines is 1. The van der Waals surface area contributed by atoms with Crippen molar-refractivity contribution in [3.63, 3.8) is 0 Å². The molecule has 7 heteroatoms. The van der Waals surface area contributed by atoms with E-state index in [9.17, 15) is 9.59 Å². The van der Waals surface area contributed by atoms with E-state index in [4.69, 9.17) is 11.6 Å². The second-order valence-electron chi connectivity index (χ2n) is 4.95. The predicted molar refractivity (Wildman–Crippen MR) is 94.1 cm³/mol. The highest BCUT2D eigenvalue weighted by atomic mass is 35.5. The second-order valence-corrected chi connectivity index (χ2v) is 5.39. The van der Waals surface area contributed by atoms with Gasteiger partial charge in [-0.3, -0.25) is 9.59 Å². The monoisotopic (exact) mass is 340 g/mol. The number of hydrazone groups is 1. The predicted octanol–water partition coefficient (Wildman–Crippen LogP) is 2.91. The summed E-state index contributed by atoms with van der Waals surface area (Å²) in [5, 5.41) is 7.78. The summed E-state index contributed by atoms with van der Waals surface area (Å²) in [5.74, 6) is -1.67. The molecule has 0 radical (unpaired) electrons. The number of amides is 2. The van der Waals surface area contributed by atoms with E-state index in [-0.39, 0.29) is 0 Å². The van der Waals surface area contributed by atoms with Crippen LogP contribution in [0, 0.1) is 0 Å². The fourth-order valence-electron chi connectivity index (χ4n) is 2.13. The van der Waals surface area contributed by atoms with E-state index in [2.05, 4.69) is 20.8 Å². The van der Waals surface area contributed by atoms with Crippen LogP contribution in [0.3, 0.4) is 0 Å². The average Bonchev–Trinajstić information content (AvgIpc) is 3.00. The molecule has 0 unspecified atom stereocenters. The molecule has 120 valence electrons. The lowest BCUT2D eigenvalue weighted by Crippen LogP contribution is -2.32. The van der Waals surface area contributed by atoms with Gasteiger partial charge in [-0.2, -0.15) is 5.10 Å². The van der Waals surface area contributed by atoms with E-state index >= 15 is 0 Å². The van der Waals surface area contributed by atoms with E-state index in [1.165, 1.54) is 6.21 Å². The van der Waals surface area contributed by atoms with E-state index in [1.54, 1.807) is 30.5 Å². The van der Waals surface area contributed by atoms with Crippen molar-refractivity contribution < 1.29 is 9.59 Å². The standard InChI is InChI=1S/C17H13ClN4O2/c18-12-5-7-13(8-6-12)21-16(23)17(24)22-20-10-11-9-19-15-4-2-1-3-14(11)15/h1-10,19H,(H,21,23)(H,22,24). The highest BCUT2D eigenvalue weighted by Crippen LogP contribution is 2.15. The number of hydrogen-bond donors (Lipinski definition) is 3. The summed E-state index contributed by atoms with van der Waals surface area (Å²) in [5.41, 5.74) is 4.44. The maximum atomic E-state index is 11.8. The number of hydrogen-bond acceptors (Lipinski definition) is 3. The van der Waals surface area contributed by atoms with E-state index < -0.39 is 11.8 Å². The maximum Gasteiger partial charge on any atom is 0.329 e.